The standard InChI is InChI=1S/C17H21N5O3/c1-11(2)14-8-21(15-7-5-4-6-13(15)19-14)17(23)10-20-9-16(22(24)25)18-12(20)3/h4-7,9,11,14,19H,8,10H2,1-3H3/t14-/m1/s1. The summed E-state index contributed by atoms with van der Waals surface area (Å²) in [6.45, 7) is 6.45. The number of carbonyl (C=O) groups excluding carboxylic acids is 1. The van der Waals surface area contributed by atoms with Gasteiger partial charge in [0.25, 0.3) is 0 Å². The number of aromatic nitrogens is 2. The predicted molar refractivity (Wildman–Crippen MR) is 94.7 cm³/mol. The molecule has 0 spiro atoms. The Morgan fingerprint density at radius 3 is 2.80 bits per heavy atom. The summed E-state index contributed by atoms with van der Waals surface area (Å²) in [6.07, 6.45) is 1.31. The number of hydrogen-bond acceptors (Lipinski definition) is 5. The first-order valence-electron chi connectivity index (χ1n) is 8.21. The monoisotopic (exact) mass is 343 g/mol. The summed E-state index contributed by atoms with van der Waals surface area (Å²) in [6, 6.07) is 7.83. The molecule has 1 aliphatic rings. The highest BCUT2D eigenvalue weighted by molar-refractivity contribution is 5.97. The highest BCUT2D eigenvalue weighted by Crippen LogP contribution is 2.32. The molecule has 0 saturated heterocycles. The fraction of sp³-hybridized carbons (Fsp3) is 0.412. The Labute approximate surface area is 145 Å². The summed E-state index contributed by atoms with van der Waals surface area (Å²) >= 11 is 0. The number of rotatable bonds is 4. The van der Waals surface area contributed by atoms with Crippen molar-refractivity contribution in [3.05, 3.63) is 46.4 Å². The summed E-state index contributed by atoms with van der Waals surface area (Å²) in [5.41, 5.74) is 1.76. The van der Waals surface area contributed by atoms with Crippen LogP contribution >= 0.6 is 0 Å². The third-order valence-electron chi connectivity index (χ3n) is 4.48. The fourth-order valence-electron chi connectivity index (χ4n) is 2.96. The molecule has 1 aromatic carbocycles. The van der Waals surface area contributed by atoms with Crippen LogP contribution in [0.5, 0.6) is 0 Å². The zero-order chi connectivity index (χ0) is 18.1. The number of para-hydroxylation sites is 2. The summed E-state index contributed by atoms with van der Waals surface area (Å²) in [5.74, 6) is 0.449. The van der Waals surface area contributed by atoms with E-state index < -0.39 is 4.92 Å². The molecule has 0 aliphatic carbocycles. The molecule has 132 valence electrons. The zero-order valence-corrected chi connectivity index (χ0v) is 14.5. The van der Waals surface area contributed by atoms with Gasteiger partial charge in [0.2, 0.25) is 11.7 Å². The Bertz CT molecular complexity index is 814. The normalized spacial score (nSPS) is 16.5. The van der Waals surface area contributed by atoms with Crippen molar-refractivity contribution >= 4 is 23.1 Å². The van der Waals surface area contributed by atoms with Gasteiger partial charge in [0.05, 0.1) is 11.4 Å². The van der Waals surface area contributed by atoms with Crippen LogP contribution in [0.15, 0.2) is 30.5 Å². The van der Waals surface area contributed by atoms with Crippen LogP contribution in [0.3, 0.4) is 0 Å². The lowest BCUT2D eigenvalue weighted by molar-refractivity contribution is -0.389. The van der Waals surface area contributed by atoms with E-state index in [0.717, 1.165) is 11.4 Å². The second-order valence-corrected chi connectivity index (χ2v) is 6.55. The Balaban J connectivity index is 1.87. The van der Waals surface area contributed by atoms with Gasteiger partial charge >= 0.3 is 5.82 Å². The number of nitrogens with one attached hydrogen (secondary N) is 1. The number of benzene rings is 1. The van der Waals surface area contributed by atoms with Crippen LogP contribution in [-0.2, 0) is 11.3 Å². The van der Waals surface area contributed by atoms with Crippen molar-refractivity contribution in [2.75, 3.05) is 16.8 Å². The lowest BCUT2D eigenvalue weighted by atomic mass is 10.00. The third kappa shape index (κ3) is 3.33. The van der Waals surface area contributed by atoms with Crippen LogP contribution in [0, 0.1) is 23.0 Å². The first-order chi connectivity index (χ1) is 11.9. The van der Waals surface area contributed by atoms with Crippen LogP contribution in [-0.4, -0.2) is 33.0 Å². The minimum absolute atomic E-state index is 0.0197. The maximum Gasteiger partial charge on any atom is 0.381 e. The molecule has 8 heteroatoms. The maximum atomic E-state index is 12.9. The Kier molecular flexibility index (Phi) is 4.43. The van der Waals surface area contributed by atoms with Crippen LogP contribution in [0.4, 0.5) is 17.2 Å². The number of imidazole rings is 1. The van der Waals surface area contributed by atoms with Crippen molar-refractivity contribution in [2.45, 2.75) is 33.4 Å². The van der Waals surface area contributed by atoms with Crippen molar-refractivity contribution in [2.24, 2.45) is 5.92 Å². The van der Waals surface area contributed by atoms with E-state index >= 15 is 0 Å². The van der Waals surface area contributed by atoms with Gasteiger partial charge in [-0.15, -0.1) is 0 Å². The lowest BCUT2D eigenvalue weighted by Gasteiger charge is -2.37. The van der Waals surface area contributed by atoms with Crippen molar-refractivity contribution in [1.82, 2.24) is 9.55 Å². The van der Waals surface area contributed by atoms with E-state index in [0.29, 0.717) is 18.3 Å². The van der Waals surface area contributed by atoms with E-state index in [-0.39, 0.29) is 24.3 Å². The molecule has 0 radical (unpaired) electrons. The Morgan fingerprint density at radius 1 is 1.44 bits per heavy atom. The molecule has 0 unspecified atom stereocenters. The van der Waals surface area contributed by atoms with Gasteiger partial charge in [-0.2, -0.15) is 0 Å². The zero-order valence-electron chi connectivity index (χ0n) is 14.5. The molecule has 1 aromatic heterocycles. The van der Waals surface area contributed by atoms with Gasteiger partial charge in [-0.3, -0.25) is 9.36 Å². The predicted octanol–water partition coefficient (Wildman–Crippen LogP) is 2.58. The number of hydrogen-bond donors (Lipinski definition) is 1. The number of nitro groups is 1. The van der Waals surface area contributed by atoms with Gasteiger partial charge in [0, 0.05) is 19.5 Å². The molecule has 1 aliphatic heterocycles. The third-order valence-corrected chi connectivity index (χ3v) is 4.48. The number of nitrogens with zero attached hydrogens (tertiary/aromatic N) is 4. The Morgan fingerprint density at radius 2 is 2.16 bits per heavy atom. The molecule has 3 rings (SSSR count). The van der Waals surface area contributed by atoms with Crippen LogP contribution in [0.25, 0.3) is 0 Å². The molecule has 1 amide bonds. The second kappa shape index (κ2) is 6.54. The van der Waals surface area contributed by atoms with E-state index in [1.54, 1.807) is 11.8 Å². The minimum Gasteiger partial charge on any atom is -0.379 e. The number of aryl methyl sites for hydroxylation is 1. The van der Waals surface area contributed by atoms with Crippen molar-refractivity contribution < 1.29 is 9.72 Å². The SMILES string of the molecule is Cc1nc([N+](=O)[O-])cn1CC(=O)N1C[C@H](C(C)C)Nc2ccccc21. The van der Waals surface area contributed by atoms with Crippen LogP contribution < -0.4 is 10.2 Å². The van der Waals surface area contributed by atoms with Crippen molar-refractivity contribution in [3.8, 4) is 0 Å². The average molecular weight is 343 g/mol. The highest BCUT2D eigenvalue weighted by Gasteiger charge is 2.30. The fourth-order valence-corrected chi connectivity index (χ4v) is 2.96. The summed E-state index contributed by atoms with van der Waals surface area (Å²) in [7, 11) is 0. The molecule has 2 aromatic rings. The first-order valence-corrected chi connectivity index (χ1v) is 8.21. The van der Waals surface area contributed by atoms with Crippen LogP contribution in [0.1, 0.15) is 19.7 Å². The molecule has 25 heavy (non-hydrogen) atoms. The summed E-state index contributed by atoms with van der Waals surface area (Å²) in [5, 5.41) is 14.3. The van der Waals surface area contributed by atoms with E-state index in [1.807, 2.05) is 24.3 Å². The maximum absolute atomic E-state index is 12.9. The molecule has 2 heterocycles. The summed E-state index contributed by atoms with van der Waals surface area (Å²) in [4.78, 5) is 28.8. The smallest absolute Gasteiger partial charge is 0.379 e. The van der Waals surface area contributed by atoms with E-state index in [2.05, 4.69) is 24.1 Å². The molecule has 8 nitrogen and oxygen atoms in total. The minimum atomic E-state index is -0.553. The second-order valence-electron chi connectivity index (χ2n) is 6.55. The number of amides is 1. The Hall–Kier alpha value is -2.90. The molecular formula is C17H21N5O3. The summed E-state index contributed by atoms with van der Waals surface area (Å²) < 4.78 is 1.52. The quantitative estimate of drug-likeness (QED) is 0.680. The van der Waals surface area contributed by atoms with E-state index in [4.69, 9.17) is 0 Å². The van der Waals surface area contributed by atoms with Gasteiger partial charge in [0.1, 0.15) is 12.7 Å². The first kappa shape index (κ1) is 16.9. The van der Waals surface area contributed by atoms with Crippen molar-refractivity contribution in [3.63, 3.8) is 0 Å². The largest absolute Gasteiger partial charge is 0.381 e. The molecule has 0 saturated carbocycles. The average Bonchev–Trinajstić information content (AvgIpc) is 2.94. The number of carbonyl (C=O) groups is 1. The highest BCUT2D eigenvalue weighted by atomic mass is 16.6. The number of anilines is 2. The van der Waals surface area contributed by atoms with Crippen molar-refractivity contribution in [1.29, 1.82) is 0 Å². The van der Waals surface area contributed by atoms with Gasteiger partial charge in [-0.05, 0) is 28.0 Å². The molecule has 1 N–H and O–H groups in total. The number of fused-ring (bicyclic) bond motifs is 1. The topological polar surface area (TPSA) is 93.3 Å². The molecule has 1 atom stereocenters. The van der Waals surface area contributed by atoms with Gasteiger partial charge in [-0.1, -0.05) is 26.0 Å². The molecule has 0 fully saturated rings. The van der Waals surface area contributed by atoms with Crippen LogP contribution in [0.2, 0.25) is 0 Å². The molecular weight excluding hydrogens is 322 g/mol. The van der Waals surface area contributed by atoms with Gasteiger partial charge in [0.15, 0.2) is 0 Å². The van der Waals surface area contributed by atoms with Gasteiger partial charge in [-0.25, -0.2) is 0 Å². The molecule has 0 bridgehead atoms. The van der Waals surface area contributed by atoms with Gasteiger partial charge < -0.3 is 20.3 Å². The van der Waals surface area contributed by atoms with E-state index in [9.17, 15) is 14.9 Å². The van der Waals surface area contributed by atoms with E-state index in [1.165, 1.54) is 10.8 Å². The lowest BCUT2D eigenvalue weighted by Crippen LogP contribution is -2.48.